The van der Waals surface area contributed by atoms with Crippen LogP contribution in [-0.2, 0) is 9.59 Å². The lowest BCUT2D eigenvalue weighted by atomic mass is 10.1. The van der Waals surface area contributed by atoms with Crippen LogP contribution in [0.2, 0.25) is 0 Å². The van der Waals surface area contributed by atoms with Crippen LogP contribution in [0.15, 0.2) is 102 Å². The number of hydrogen-bond donors (Lipinski definition) is 3. The number of methoxy groups -OCH3 is 2. The Morgan fingerprint density at radius 1 is 0.791 bits per heavy atom. The molecule has 0 fully saturated rings. The summed E-state index contributed by atoms with van der Waals surface area (Å²) in [7, 11) is 3.06. The summed E-state index contributed by atoms with van der Waals surface area (Å²) in [6.45, 7) is 3.99. The third kappa shape index (κ3) is 8.50. The van der Waals surface area contributed by atoms with E-state index in [2.05, 4.69) is 16.0 Å². The lowest BCUT2D eigenvalue weighted by Gasteiger charge is -2.13. The van der Waals surface area contributed by atoms with Crippen molar-refractivity contribution in [3.63, 3.8) is 0 Å². The van der Waals surface area contributed by atoms with Crippen molar-refractivity contribution >= 4 is 46.9 Å². The Morgan fingerprint density at radius 3 is 2.21 bits per heavy atom. The van der Waals surface area contributed by atoms with Gasteiger partial charge in [-0.25, -0.2) is 0 Å². The Morgan fingerprint density at radius 2 is 1.51 bits per heavy atom. The second kappa shape index (κ2) is 14.7. The number of anilines is 2. The molecule has 43 heavy (non-hydrogen) atoms. The van der Waals surface area contributed by atoms with Crippen molar-refractivity contribution in [3.05, 3.63) is 119 Å². The highest BCUT2D eigenvalue weighted by atomic mass is 32.2. The number of carbonyl (C=O) groups excluding carboxylic acids is 3. The smallest absolute Gasteiger partial charge is 0.272 e. The summed E-state index contributed by atoms with van der Waals surface area (Å²) in [6, 6.07) is 26.8. The van der Waals surface area contributed by atoms with E-state index in [0.717, 1.165) is 21.7 Å². The van der Waals surface area contributed by atoms with E-state index in [1.807, 2.05) is 50.2 Å². The minimum absolute atomic E-state index is 0.0441. The summed E-state index contributed by atoms with van der Waals surface area (Å²) in [5.74, 6) is 0.236. The SMILES string of the molecule is COc1ccc(/C=C(\NC(=O)c2ccccc2)C(=O)Nc2ccc(SCC(=O)Nc3cccc(C)c3C)cc2)cc1OC. The van der Waals surface area contributed by atoms with Crippen LogP contribution < -0.4 is 25.4 Å². The van der Waals surface area contributed by atoms with Crippen LogP contribution in [0, 0.1) is 13.8 Å². The number of amides is 3. The van der Waals surface area contributed by atoms with Crippen molar-refractivity contribution in [2.24, 2.45) is 0 Å². The first kappa shape index (κ1) is 30.9. The van der Waals surface area contributed by atoms with Crippen LogP contribution >= 0.6 is 11.8 Å². The Bertz CT molecular complexity index is 1640. The predicted molar refractivity (Wildman–Crippen MR) is 172 cm³/mol. The fraction of sp³-hybridized carbons (Fsp3) is 0.147. The topological polar surface area (TPSA) is 106 Å². The molecule has 3 amide bonds. The van der Waals surface area contributed by atoms with E-state index in [0.29, 0.717) is 28.3 Å². The van der Waals surface area contributed by atoms with Crippen LogP contribution in [0.5, 0.6) is 11.5 Å². The fourth-order valence-corrected chi connectivity index (χ4v) is 4.80. The van der Waals surface area contributed by atoms with E-state index in [1.54, 1.807) is 60.7 Å². The molecule has 0 spiro atoms. The minimum Gasteiger partial charge on any atom is -0.493 e. The largest absolute Gasteiger partial charge is 0.493 e. The summed E-state index contributed by atoms with van der Waals surface area (Å²) in [4.78, 5) is 39.7. The summed E-state index contributed by atoms with van der Waals surface area (Å²) >= 11 is 1.39. The van der Waals surface area contributed by atoms with Crippen molar-refractivity contribution in [1.82, 2.24) is 5.32 Å². The van der Waals surface area contributed by atoms with Gasteiger partial charge >= 0.3 is 0 Å². The number of hydrogen-bond acceptors (Lipinski definition) is 6. The lowest BCUT2D eigenvalue weighted by molar-refractivity contribution is -0.114. The van der Waals surface area contributed by atoms with Gasteiger partial charge in [-0.05, 0) is 91.2 Å². The first-order valence-corrected chi connectivity index (χ1v) is 14.5. The van der Waals surface area contributed by atoms with Gasteiger partial charge in [0.05, 0.1) is 20.0 Å². The number of ether oxygens (including phenoxy) is 2. The summed E-state index contributed by atoms with van der Waals surface area (Å²) in [5, 5.41) is 8.53. The minimum atomic E-state index is -0.507. The van der Waals surface area contributed by atoms with Gasteiger partial charge in [0, 0.05) is 21.8 Å². The van der Waals surface area contributed by atoms with E-state index in [4.69, 9.17) is 9.47 Å². The van der Waals surface area contributed by atoms with Gasteiger partial charge in [0.2, 0.25) is 5.91 Å². The molecule has 0 heterocycles. The van der Waals surface area contributed by atoms with E-state index in [-0.39, 0.29) is 17.4 Å². The Labute approximate surface area is 255 Å². The molecule has 4 rings (SSSR count). The van der Waals surface area contributed by atoms with Crippen molar-refractivity contribution in [3.8, 4) is 11.5 Å². The lowest BCUT2D eigenvalue weighted by Crippen LogP contribution is -2.30. The van der Waals surface area contributed by atoms with E-state index >= 15 is 0 Å². The van der Waals surface area contributed by atoms with Gasteiger partial charge in [-0.1, -0.05) is 36.4 Å². The monoisotopic (exact) mass is 595 g/mol. The van der Waals surface area contributed by atoms with Crippen LogP contribution in [0.3, 0.4) is 0 Å². The number of nitrogens with one attached hydrogen (secondary N) is 3. The number of benzene rings is 4. The molecule has 8 nitrogen and oxygen atoms in total. The standard InChI is InChI=1S/C34H33N3O5S/c1-22-9-8-12-28(23(22)2)36-32(38)21-43-27-16-14-26(15-17-27)35-34(40)29(37-33(39)25-10-6-5-7-11-25)19-24-13-18-30(41-3)31(20-24)42-4/h5-20H,21H2,1-4H3,(H,35,40)(H,36,38)(H,37,39)/b29-19-. The number of carbonyl (C=O) groups is 3. The van der Waals surface area contributed by atoms with Crippen LogP contribution in [-0.4, -0.2) is 37.7 Å². The zero-order chi connectivity index (χ0) is 30.8. The maximum atomic E-state index is 13.4. The average Bonchev–Trinajstić information content (AvgIpc) is 3.02. The van der Waals surface area contributed by atoms with Gasteiger partial charge in [0.25, 0.3) is 11.8 Å². The molecule has 0 aliphatic rings. The number of rotatable bonds is 11. The molecule has 0 aromatic heterocycles. The maximum absolute atomic E-state index is 13.4. The third-order valence-corrected chi connectivity index (χ3v) is 7.62. The Balaban J connectivity index is 1.45. The molecule has 9 heteroatoms. The molecule has 4 aromatic rings. The maximum Gasteiger partial charge on any atom is 0.272 e. The van der Waals surface area contributed by atoms with Crippen molar-refractivity contribution in [1.29, 1.82) is 0 Å². The second-order valence-electron chi connectivity index (χ2n) is 9.56. The van der Waals surface area contributed by atoms with Crippen LogP contribution in [0.25, 0.3) is 6.08 Å². The van der Waals surface area contributed by atoms with Gasteiger partial charge in [0.1, 0.15) is 5.70 Å². The summed E-state index contributed by atoms with van der Waals surface area (Å²) in [5.41, 5.74) is 4.58. The number of thioether (sulfide) groups is 1. The Kier molecular flexibility index (Phi) is 10.6. The van der Waals surface area contributed by atoms with E-state index in [9.17, 15) is 14.4 Å². The van der Waals surface area contributed by atoms with Gasteiger partial charge in [-0.15, -0.1) is 11.8 Å². The molecule has 0 aliphatic heterocycles. The van der Waals surface area contributed by atoms with E-state index < -0.39 is 11.8 Å². The van der Waals surface area contributed by atoms with E-state index in [1.165, 1.54) is 26.0 Å². The quantitative estimate of drug-likeness (QED) is 0.136. The third-order valence-electron chi connectivity index (χ3n) is 6.61. The highest BCUT2D eigenvalue weighted by Gasteiger charge is 2.16. The molecule has 0 bridgehead atoms. The predicted octanol–water partition coefficient (Wildman–Crippen LogP) is 6.46. The molecule has 0 saturated carbocycles. The number of aryl methyl sites for hydroxylation is 1. The molecule has 0 atom stereocenters. The first-order chi connectivity index (χ1) is 20.8. The molecular weight excluding hydrogens is 562 g/mol. The van der Waals surface area contributed by atoms with Crippen LogP contribution in [0.1, 0.15) is 27.0 Å². The highest BCUT2D eigenvalue weighted by molar-refractivity contribution is 8.00. The molecule has 3 N–H and O–H groups in total. The zero-order valence-electron chi connectivity index (χ0n) is 24.4. The molecule has 0 saturated heterocycles. The summed E-state index contributed by atoms with van der Waals surface area (Å²) < 4.78 is 10.7. The molecular formula is C34H33N3O5S. The van der Waals surface area contributed by atoms with Gasteiger partial charge < -0.3 is 25.4 Å². The van der Waals surface area contributed by atoms with Crippen molar-refractivity contribution < 1.29 is 23.9 Å². The van der Waals surface area contributed by atoms with Crippen LogP contribution in [0.4, 0.5) is 11.4 Å². The van der Waals surface area contributed by atoms with Gasteiger partial charge in [0.15, 0.2) is 11.5 Å². The molecule has 0 aliphatic carbocycles. The molecule has 220 valence electrons. The normalized spacial score (nSPS) is 10.9. The molecule has 0 radical (unpaired) electrons. The molecule has 0 unspecified atom stereocenters. The Hall–Kier alpha value is -5.02. The highest BCUT2D eigenvalue weighted by Crippen LogP contribution is 2.28. The summed E-state index contributed by atoms with van der Waals surface area (Å²) in [6.07, 6.45) is 1.57. The van der Waals surface area contributed by atoms with Crippen molar-refractivity contribution in [2.45, 2.75) is 18.7 Å². The fourth-order valence-electron chi connectivity index (χ4n) is 4.11. The van der Waals surface area contributed by atoms with Gasteiger partial charge in [-0.2, -0.15) is 0 Å². The van der Waals surface area contributed by atoms with Gasteiger partial charge in [-0.3, -0.25) is 14.4 Å². The first-order valence-electron chi connectivity index (χ1n) is 13.5. The molecule has 4 aromatic carbocycles. The average molecular weight is 596 g/mol. The van der Waals surface area contributed by atoms with Crippen molar-refractivity contribution in [2.75, 3.05) is 30.6 Å². The zero-order valence-corrected chi connectivity index (χ0v) is 25.2. The second-order valence-corrected chi connectivity index (χ2v) is 10.6.